The SMILES string of the molecule is Cc1cccc(C)c1NC(=O)CN(C)CC(=O)Nc1cccc(N2CCCC2=O)c1. The smallest absolute Gasteiger partial charge is 0.238 e. The van der Waals surface area contributed by atoms with Crippen LogP contribution in [0.15, 0.2) is 42.5 Å². The molecule has 0 unspecified atom stereocenters. The molecule has 0 radical (unpaired) electrons. The molecule has 1 aliphatic rings. The van der Waals surface area contributed by atoms with Gasteiger partial charge in [0.2, 0.25) is 17.7 Å². The minimum absolute atomic E-state index is 0.0764. The van der Waals surface area contributed by atoms with E-state index in [-0.39, 0.29) is 30.8 Å². The van der Waals surface area contributed by atoms with Crippen LogP contribution < -0.4 is 15.5 Å². The Balaban J connectivity index is 1.52. The molecule has 0 spiro atoms. The van der Waals surface area contributed by atoms with Crippen molar-refractivity contribution in [1.82, 2.24) is 4.90 Å². The first-order valence-electron chi connectivity index (χ1n) is 10.1. The summed E-state index contributed by atoms with van der Waals surface area (Å²) in [4.78, 5) is 40.1. The Labute approximate surface area is 177 Å². The number of hydrogen-bond acceptors (Lipinski definition) is 4. The van der Waals surface area contributed by atoms with Gasteiger partial charge in [-0.15, -0.1) is 0 Å². The van der Waals surface area contributed by atoms with Crippen molar-refractivity contribution in [3.8, 4) is 0 Å². The van der Waals surface area contributed by atoms with Crippen molar-refractivity contribution in [1.29, 1.82) is 0 Å². The van der Waals surface area contributed by atoms with E-state index in [0.29, 0.717) is 18.7 Å². The predicted octanol–water partition coefficient (Wildman–Crippen LogP) is 2.94. The Morgan fingerprint density at radius 3 is 2.27 bits per heavy atom. The number of amides is 3. The summed E-state index contributed by atoms with van der Waals surface area (Å²) in [6, 6.07) is 13.1. The summed E-state index contributed by atoms with van der Waals surface area (Å²) in [5.41, 5.74) is 4.23. The van der Waals surface area contributed by atoms with Crippen LogP contribution in [0, 0.1) is 13.8 Å². The molecule has 2 aromatic carbocycles. The third-order valence-corrected chi connectivity index (χ3v) is 5.09. The zero-order chi connectivity index (χ0) is 21.7. The molecular formula is C23H28N4O3. The maximum atomic E-state index is 12.4. The molecular weight excluding hydrogens is 380 g/mol. The fraction of sp³-hybridized carbons (Fsp3) is 0.348. The third kappa shape index (κ3) is 5.45. The zero-order valence-corrected chi connectivity index (χ0v) is 17.7. The summed E-state index contributed by atoms with van der Waals surface area (Å²) < 4.78 is 0. The molecule has 1 saturated heterocycles. The Hall–Kier alpha value is -3.19. The van der Waals surface area contributed by atoms with Crippen LogP contribution >= 0.6 is 0 Å². The molecule has 158 valence electrons. The fourth-order valence-electron chi connectivity index (χ4n) is 3.61. The van der Waals surface area contributed by atoms with E-state index in [4.69, 9.17) is 0 Å². The number of hydrogen-bond donors (Lipinski definition) is 2. The van der Waals surface area contributed by atoms with Crippen molar-refractivity contribution in [3.05, 3.63) is 53.6 Å². The summed E-state index contributed by atoms with van der Waals surface area (Å²) in [5, 5.41) is 5.77. The summed E-state index contributed by atoms with van der Waals surface area (Å²) in [6.45, 7) is 4.78. The summed E-state index contributed by atoms with van der Waals surface area (Å²) in [5.74, 6) is -0.285. The molecule has 7 nitrogen and oxygen atoms in total. The van der Waals surface area contributed by atoms with Crippen LogP contribution in [0.3, 0.4) is 0 Å². The molecule has 7 heteroatoms. The number of rotatable bonds is 7. The standard InChI is InChI=1S/C23H28N4O3/c1-16-7-4-8-17(2)23(16)25-21(29)15-26(3)14-20(28)24-18-9-5-10-19(13-18)27-12-6-11-22(27)30/h4-5,7-10,13H,6,11-12,14-15H2,1-3H3,(H,24,28)(H,25,29). The first-order chi connectivity index (χ1) is 14.3. The van der Waals surface area contributed by atoms with E-state index in [0.717, 1.165) is 28.9 Å². The highest BCUT2D eigenvalue weighted by molar-refractivity contribution is 5.98. The van der Waals surface area contributed by atoms with Crippen LogP contribution in [0.4, 0.5) is 17.1 Å². The number of carbonyl (C=O) groups excluding carboxylic acids is 3. The third-order valence-electron chi connectivity index (χ3n) is 5.09. The highest BCUT2D eigenvalue weighted by Crippen LogP contribution is 2.24. The Kier molecular flexibility index (Phi) is 6.84. The molecule has 0 saturated carbocycles. The van der Waals surface area contributed by atoms with Crippen molar-refractivity contribution in [3.63, 3.8) is 0 Å². The number of anilines is 3. The van der Waals surface area contributed by atoms with E-state index in [9.17, 15) is 14.4 Å². The second-order valence-corrected chi connectivity index (χ2v) is 7.73. The fourth-order valence-corrected chi connectivity index (χ4v) is 3.61. The second kappa shape index (κ2) is 9.54. The van der Waals surface area contributed by atoms with E-state index >= 15 is 0 Å². The highest BCUT2D eigenvalue weighted by atomic mass is 16.2. The van der Waals surface area contributed by atoms with E-state index in [2.05, 4.69) is 10.6 Å². The Bertz CT molecular complexity index is 937. The molecule has 3 amide bonds. The number of nitrogens with zero attached hydrogens (tertiary/aromatic N) is 2. The van der Waals surface area contributed by atoms with Crippen molar-refractivity contribution >= 4 is 34.8 Å². The lowest BCUT2D eigenvalue weighted by Crippen LogP contribution is -2.36. The molecule has 0 bridgehead atoms. The molecule has 1 fully saturated rings. The van der Waals surface area contributed by atoms with Gasteiger partial charge in [0, 0.05) is 30.0 Å². The first-order valence-corrected chi connectivity index (χ1v) is 10.1. The maximum Gasteiger partial charge on any atom is 0.238 e. The van der Waals surface area contributed by atoms with Crippen LogP contribution in [0.1, 0.15) is 24.0 Å². The van der Waals surface area contributed by atoms with Crippen molar-refractivity contribution in [2.24, 2.45) is 0 Å². The van der Waals surface area contributed by atoms with Crippen LogP contribution in [0.5, 0.6) is 0 Å². The Morgan fingerprint density at radius 1 is 1.00 bits per heavy atom. The summed E-state index contributed by atoms with van der Waals surface area (Å²) in [7, 11) is 1.73. The van der Waals surface area contributed by atoms with Gasteiger partial charge in [-0.1, -0.05) is 24.3 Å². The minimum Gasteiger partial charge on any atom is -0.325 e. The quantitative estimate of drug-likeness (QED) is 0.738. The zero-order valence-electron chi connectivity index (χ0n) is 17.7. The van der Waals surface area contributed by atoms with E-state index < -0.39 is 0 Å². The van der Waals surface area contributed by atoms with Crippen LogP contribution in [0.2, 0.25) is 0 Å². The summed E-state index contributed by atoms with van der Waals surface area (Å²) >= 11 is 0. The predicted molar refractivity (Wildman–Crippen MR) is 119 cm³/mol. The van der Waals surface area contributed by atoms with Gasteiger partial charge in [-0.3, -0.25) is 19.3 Å². The highest BCUT2D eigenvalue weighted by Gasteiger charge is 2.22. The van der Waals surface area contributed by atoms with Gasteiger partial charge in [0.05, 0.1) is 13.1 Å². The Morgan fingerprint density at radius 2 is 1.63 bits per heavy atom. The molecule has 2 N–H and O–H groups in total. The second-order valence-electron chi connectivity index (χ2n) is 7.73. The van der Waals surface area contributed by atoms with E-state index in [1.54, 1.807) is 29.0 Å². The molecule has 30 heavy (non-hydrogen) atoms. The monoisotopic (exact) mass is 408 g/mol. The van der Waals surface area contributed by atoms with Crippen molar-refractivity contribution in [2.75, 3.05) is 42.2 Å². The molecule has 0 aliphatic carbocycles. The minimum atomic E-state index is -0.220. The van der Waals surface area contributed by atoms with Crippen LogP contribution in [0.25, 0.3) is 0 Å². The number of benzene rings is 2. The van der Waals surface area contributed by atoms with Gasteiger partial charge in [-0.2, -0.15) is 0 Å². The molecule has 3 rings (SSSR count). The van der Waals surface area contributed by atoms with Gasteiger partial charge in [0.1, 0.15) is 0 Å². The number of carbonyl (C=O) groups is 3. The molecule has 2 aromatic rings. The number of likely N-dealkylation sites (N-methyl/N-ethyl adjacent to an activating group) is 1. The number of para-hydroxylation sites is 1. The first kappa shape index (κ1) is 21.5. The molecule has 1 heterocycles. The van der Waals surface area contributed by atoms with Crippen LogP contribution in [-0.4, -0.2) is 49.3 Å². The van der Waals surface area contributed by atoms with Gasteiger partial charge >= 0.3 is 0 Å². The van der Waals surface area contributed by atoms with Crippen molar-refractivity contribution in [2.45, 2.75) is 26.7 Å². The lowest BCUT2D eigenvalue weighted by molar-refractivity contribution is -0.119. The topological polar surface area (TPSA) is 81.8 Å². The normalized spacial score (nSPS) is 13.6. The maximum absolute atomic E-state index is 12.4. The average molecular weight is 409 g/mol. The van der Waals surface area contributed by atoms with Gasteiger partial charge in [0.25, 0.3) is 0 Å². The number of nitrogens with one attached hydrogen (secondary N) is 2. The number of aryl methyl sites for hydroxylation is 2. The van der Waals surface area contributed by atoms with Gasteiger partial charge in [0.15, 0.2) is 0 Å². The average Bonchev–Trinajstić information content (AvgIpc) is 3.10. The van der Waals surface area contributed by atoms with E-state index in [1.165, 1.54) is 0 Å². The van der Waals surface area contributed by atoms with E-state index in [1.807, 2.05) is 44.2 Å². The van der Waals surface area contributed by atoms with Gasteiger partial charge < -0.3 is 15.5 Å². The molecule has 1 aliphatic heterocycles. The van der Waals surface area contributed by atoms with Gasteiger partial charge in [-0.05, 0) is 56.6 Å². The van der Waals surface area contributed by atoms with Crippen LogP contribution in [-0.2, 0) is 14.4 Å². The summed E-state index contributed by atoms with van der Waals surface area (Å²) in [6.07, 6.45) is 1.41. The lowest BCUT2D eigenvalue weighted by Gasteiger charge is -2.19. The molecule has 0 atom stereocenters. The van der Waals surface area contributed by atoms with Gasteiger partial charge in [-0.25, -0.2) is 0 Å². The molecule has 0 aromatic heterocycles. The largest absolute Gasteiger partial charge is 0.325 e. The van der Waals surface area contributed by atoms with Crippen molar-refractivity contribution < 1.29 is 14.4 Å². The lowest BCUT2D eigenvalue weighted by atomic mass is 10.1.